The van der Waals surface area contributed by atoms with Crippen molar-refractivity contribution >= 4 is 11.9 Å². The molecule has 24 heavy (non-hydrogen) atoms. The summed E-state index contributed by atoms with van der Waals surface area (Å²) in [5.41, 5.74) is 0.866. The van der Waals surface area contributed by atoms with E-state index < -0.39 is 0 Å². The van der Waals surface area contributed by atoms with E-state index in [9.17, 15) is 14.0 Å². The number of benzene rings is 1. The lowest BCUT2D eigenvalue weighted by Crippen LogP contribution is -2.44. The van der Waals surface area contributed by atoms with Gasteiger partial charge >= 0.3 is 5.97 Å². The predicted molar refractivity (Wildman–Crippen MR) is 88.7 cm³/mol. The minimum atomic E-state index is -0.343. The van der Waals surface area contributed by atoms with Crippen molar-refractivity contribution in [3.8, 4) is 0 Å². The molecule has 2 atom stereocenters. The fraction of sp³-hybridized carbons (Fsp3) is 0.556. The summed E-state index contributed by atoms with van der Waals surface area (Å²) in [5.74, 6) is -0.576. The van der Waals surface area contributed by atoms with Gasteiger partial charge in [-0.15, -0.1) is 0 Å². The van der Waals surface area contributed by atoms with Gasteiger partial charge in [0, 0.05) is 0 Å². The van der Waals surface area contributed by atoms with E-state index >= 15 is 0 Å². The maximum absolute atomic E-state index is 13.1. The van der Waals surface area contributed by atoms with Gasteiger partial charge in [0.05, 0.1) is 19.7 Å². The maximum atomic E-state index is 13.1. The standard InChI is InChI=1S/C18H25FN2O3/c1-12(2)17(13-6-8-14(19)9-7-13)20-16(22)11-21-10-4-5-15(21)18(23)24-3/h6-9,12,15,17H,4-5,10-11H2,1-3H3,(H,20,22). The van der Waals surface area contributed by atoms with Crippen LogP contribution in [0.2, 0.25) is 0 Å². The molecule has 1 aromatic rings. The number of carbonyl (C=O) groups is 2. The second-order valence-electron chi connectivity index (χ2n) is 6.49. The quantitative estimate of drug-likeness (QED) is 0.810. The van der Waals surface area contributed by atoms with Gasteiger partial charge in [-0.3, -0.25) is 14.5 Å². The van der Waals surface area contributed by atoms with E-state index in [-0.39, 0.29) is 42.2 Å². The minimum Gasteiger partial charge on any atom is -0.468 e. The molecule has 5 nitrogen and oxygen atoms in total. The molecule has 1 aromatic carbocycles. The Bertz CT molecular complexity index is 574. The summed E-state index contributed by atoms with van der Waals surface area (Å²) < 4.78 is 17.9. The van der Waals surface area contributed by atoms with E-state index in [4.69, 9.17) is 4.74 Å². The van der Waals surface area contributed by atoms with Crippen LogP contribution in [0.4, 0.5) is 4.39 Å². The maximum Gasteiger partial charge on any atom is 0.323 e. The van der Waals surface area contributed by atoms with Crippen LogP contribution in [0.5, 0.6) is 0 Å². The number of carbonyl (C=O) groups excluding carboxylic acids is 2. The number of ether oxygens (including phenoxy) is 1. The van der Waals surface area contributed by atoms with Gasteiger partial charge in [-0.1, -0.05) is 26.0 Å². The van der Waals surface area contributed by atoms with Gasteiger partial charge in [0.2, 0.25) is 5.91 Å². The van der Waals surface area contributed by atoms with Crippen molar-refractivity contribution in [3.63, 3.8) is 0 Å². The molecule has 6 heteroatoms. The highest BCUT2D eigenvalue weighted by atomic mass is 19.1. The first kappa shape index (κ1) is 18.4. The smallest absolute Gasteiger partial charge is 0.323 e. The van der Waals surface area contributed by atoms with Crippen molar-refractivity contribution in [1.82, 2.24) is 10.2 Å². The second-order valence-corrected chi connectivity index (χ2v) is 6.49. The van der Waals surface area contributed by atoms with Crippen molar-refractivity contribution in [1.29, 1.82) is 0 Å². The Morgan fingerprint density at radius 3 is 2.58 bits per heavy atom. The number of hydrogen-bond acceptors (Lipinski definition) is 4. The molecular formula is C18H25FN2O3. The van der Waals surface area contributed by atoms with Gasteiger partial charge in [0.25, 0.3) is 0 Å². The Balaban J connectivity index is 2.00. The molecule has 1 aliphatic rings. The number of hydrogen-bond donors (Lipinski definition) is 1. The van der Waals surface area contributed by atoms with Crippen LogP contribution < -0.4 is 5.32 Å². The molecule has 1 heterocycles. The molecule has 0 spiro atoms. The number of rotatable bonds is 6. The third-order valence-corrected chi connectivity index (χ3v) is 4.40. The van der Waals surface area contributed by atoms with Crippen molar-refractivity contribution < 1.29 is 18.7 Å². The molecule has 1 amide bonds. The lowest BCUT2D eigenvalue weighted by Gasteiger charge is -2.26. The summed E-state index contributed by atoms with van der Waals surface area (Å²) in [4.78, 5) is 26.0. The Morgan fingerprint density at radius 1 is 1.33 bits per heavy atom. The van der Waals surface area contributed by atoms with E-state index in [2.05, 4.69) is 5.32 Å². The van der Waals surface area contributed by atoms with E-state index in [0.29, 0.717) is 13.0 Å². The summed E-state index contributed by atoms with van der Waals surface area (Å²) in [6.45, 7) is 4.86. The summed E-state index contributed by atoms with van der Waals surface area (Å²) in [6.07, 6.45) is 1.59. The third-order valence-electron chi connectivity index (χ3n) is 4.40. The summed E-state index contributed by atoms with van der Waals surface area (Å²) in [5, 5.41) is 3.00. The first-order valence-electron chi connectivity index (χ1n) is 8.29. The fourth-order valence-corrected chi connectivity index (χ4v) is 3.13. The number of nitrogens with one attached hydrogen (secondary N) is 1. The number of esters is 1. The molecule has 1 fully saturated rings. The summed E-state index contributed by atoms with van der Waals surface area (Å²) in [6, 6.07) is 5.62. The molecule has 1 saturated heterocycles. The number of likely N-dealkylation sites (tertiary alicyclic amines) is 1. The molecule has 1 aliphatic heterocycles. The Morgan fingerprint density at radius 2 is 2.00 bits per heavy atom. The molecule has 1 N–H and O–H groups in total. The van der Waals surface area contributed by atoms with Crippen LogP contribution in [0.3, 0.4) is 0 Å². The van der Waals surface area contributed by atoms with Crippen molar-refractivity contribution in [2.24, 2.45) is 5.92 Å². The minimum absolute atomic E-state index is 0.145. The molecule has 0 saturated carbocycles. The zero-order valence-corrected chi connectivity index (χ0v) is 14.4. The third kappa shape index (κ3) is 4.54. The van der Waals surface area contributed by atoms with Gasteiger partial charge < -0.3 is 10.1 Å². The highest BCUT2D eigenvalue weighted by Gasteiger charge is 2.33. The molecule has 0 aromatic heterocycles. The average Bonchev–Trinajstić information content (AvgIpc) is 3.00. The molecule has 2 unspecified atom stereocenters. The number of methoxy groups -OCH3 is 1. The highest BCUT2D eigenvalue weighted by molar-refractivity contribution is 5.81. The fourth-order valence-electron chi connectivity index (χ4n) is 3.13. The lowest BCUT2D eigenvalue weighted by atomic mass is 9.96. The average molecular weight is 336 g/mol. The van der Waals surface area contributed by atoms with Gasteiger partial charge in [0.1, 0.15) is 11.9 Å². The second kappa shape index (κ2) is 8.24. The molecule has 0 radical (unpaired) electrons. The molecule has 2 rings (SSSR count). The van der Waals surface area contributed by atoms with Crippen LogP contribution in [0.1, 0.15) is 38.3 Å². The molecule has 0 bridgehead atoms. The topological polar surface area (TPSA) is 58.6 Å². The Kier molecular flexibility index (Phi) is 6.31. The largest absolute Gasteiger partial charge is 0.468 e. The molecular weight excluding hydrogens is 311 g/mol. The van der Waals surface area contributed by atoms with Crippen LogP contribution >= 0.6 is 0 Å². The van der Waals surface area contributed by atoms with Crippen LogP contribution in [-0.2, 0) is 14.3 Å². The van der Waals surface area contributed by atoms with Gasteiger partial charge in [-0.25, -0.2) is 4.39 Å². The summed E-state index contributed by atoms with van der Waals surface area (Å²) in [7, 11) is 1.36. The SMILES string of the molecule is COC(=O)C1CCCN1CC(=O)NC(c1ccc(F)cc1)C(C)C. The van der Waals surface area contributed by atoms with Crippen LogP contribution in [0.15, 0.2) is 24.3 Å². The number of halogens is 1. The zero-order valence-electron chi connectivity index (χ0n) is 14.4. The Labute approximate surface area is 142 Å². The van der Waals surface area contributed by atoms with Crippen LogP contribution in [0, 0.1) is 11.7 Å². The molecule has 132 valence electrons. The zero-order chi connectivity index (χ0) is 17.7. The monoisotopic (exact) mass is 336 g/mol. The lowest BCUT2D eigenvalue weighted by molar-refractivity contribution is -0.146. The Hall–Kier alpha value is -1.95. The van der Waals surface area contributed by atoms with Crippen LogP contribution in [-0.4, -0.2) is 43.0 Å². The first-order chi connectivity index (χ1) is 11.4. The van der Waals surface area contributed by atoms with Crippen molar-refractivity contribution in [3.05, 3.63) is 35.6 Å². The highest BCUT2D eigenvalue weighted by Crippen LogP contribution is 2.23. The van der Waals surface area contributed by atoms with E-state index in [0.717, 1.165) is 12.0 Å². The van der Waals surface area contributed by atoms with Crippen molar-refractivity contribution in [2.75, 3.05) is 20.2 Å². The number of nitrogens with zero attached hydrogens (tertiary/aromatic N) is 1. The first-order valence-corrected chi connectivity index (χ1v) is 8.29. The van der Waals surface area contributed by atoms with Crippen LogP contribution in [0.25, 0.3) is 0 Å². The number of amides is 1. The summed E-state index contributed by atoms with van der Waals surface area (Å²) >= 11 is 0. The van der Waals surface area contributed by atoms with Gasteiger partial charge in [0.15, 0.2) is 0 Å². The van der Waals surface area contributed by atoms with Gasteiger partial charge in [-0.2, -0.15) is 0 Å². The van der Waals surface area contributed by atoms with E-state index in [1.807, 2.05) is 18.7 Å². The predicted octanol–water partition coefficient (Wildman–Crippen LogP) is 2.28. The van der Waals surface area contributed by atoms with Crippen molar-refractivity contribution in [2.45, 2.75) is 38.8 Å². The van der Waals surface area contributed by atoms with Gasteiger partial charge in [-0.05, 0) is 43.0 Å². The van der Waals surface area contributed by atoms with E-state index in [1.165, 1.54) is 19.2 Å². The molecule has 0 aliphatic carbocycles. The van der Waals surface area contributed by atoms with E-state index in [1.54, 1.807) is 12.1 Å². The normalized spacial score (nSPS) is 19.3.